The third kappa shape index (κ3) is 2.95. The monoisotopic (exact) mass is 442 g/mol. The van der Waals surface area contributed by atoms with Gasteiger partial charge in [0.05, 0.1) is 0 Å². The summed E-state index contributed by atoms with van der Waals surface area (Å²) >= 11 is 0.373. The van der Waals surface area contributed by atoms with Crippen molar-refractivity contribution in [2.75, 3.05) is 7.05 Å². The molecule has 0 fully saturated rings. The van der Waals surface area contributed by atoms with Gasteiger partial charge in [-0.05, 0) is 0 Å². The van der Waals surface area contributed by atoms with Crippen LogP contribution in [0.15, 0.2) is 91.0 Å². The number of hydrogen-bond acceptors (Lipinski definition) is 0. The third-order valence-electron chi connectivity index (χ3n) is 6.03. The molecule has 0 bridgehead atoms. The van der Waals surface area contributed by atoms with Gasteiger partial charge in [-0.25, -0.2) is 0 Å². The van der Waals surface area contributed by atoms with Crippen LogP contribution >= 0.6 is 0 Å². The van der Waals surface area contributed by atoms with Gasteiger partial charge < -0.3 is 0 Å². The second-order valence-corrected chi connectivity index (χ2v) is 10.4. The summed E-state index contributed by atoms with van der Waals surface area (Å²) in [6.07, 6.45) is 6.82. The zero-order valence-electron chi connectivity index (χ0n) is 17.0. The van der Waals surface area contributed by atoms with E-state index >= 15 is 0 Å². The Balaban J connectivity index is 1.58. The second kappa shape index (κ2) is 6.99. The Labute approximate surface area is 179 Å². The van der Waals surface area contributed by atoms with Crippen molar-refractivity contribution >= 4 is 40.9 Å². The number of rotatable bonds is 2. The molecule has 2 heteroatoms. The maximum atomic E-state index is 2.33. The fourth-order valence-electron chi connectivity index (χ4n) is 4.54. The summed E-state index contributed by atoms with van der Waals surface area (Å²) in [7, 11) is 2.17. The number of allylic oxidation sites excluding steroid dienone is 3. The van der Waals surface area contributed by atoms with Gasteiger partial charge in [-0.2, -0.15) is 0 Å². The van der Waals surface area contributed by atoms with Gasteiger partial charge in [0.2, 0.25) is 0 Å². The number of benzene rings is 3. The third-order valence-corrected chi connectivity index (χ3v) is 8.45. The molecule has 0 N–H and O–H groups in total. The number of fused-ring (bicyclic) bond motifs is 3. The molecule has 1 nitrogen and oxygen atoms in total. The van der Waals surface area contributed by atoms with E-state index in [4.69, 9.17) is 0 Å². The molecule has 0 saturated carbocycles. The van der Waals surface area contributed by atoms with E-state index in [1.165, 1.54) is 42.6 Å². The molecule has 0 aromatic heterocycles. The molecule has 142 valence electrons. The summed E-state index contributed by atoms with van der Waals surface area (Å²) in [6.45, 7) is 4.63. The topological polar surface area (TPSA) is 3.01 Å². The van der Waals surface area contributed by atoms with Gasteiger partial charge in [0, 0.05) is 0 Å². The fraction of sp³-hybridized carbons (Fsp3) is 0.148. The summed E-state index contributed by atoms with van der Waals surface area (Å²) in [5.41, 5.74) is 8.12. The van der Waals surface area contributed by atoms with Gasteiger partial charge in [0.15, 0.2) is 0 Å². The molecule has 3 aromatic rings. The van der Waals surface area contributed by atoms with E-state index < -0.39 is 0 Å². The van der Waals surface area contributed by atoms with E-state index in [-0.39, 0.29) is 5.41 Å². The molecule has 3 aromatic carbocycles. The normalized spacial score (nSPS) is 16.6. The van der Waals surface area contributed by atoms with Crippen LogP contribution in [-0.2, 0) is 5.41 Å². The summed E-state index contributed by atoms with van der Waals surface area (Å²) in [6, 6.07) is 26.4. The zero-order chi connectivity index (χ0) is 20.0. The zero-order valence-corrected chi connectivity index (χ0v) is 18.7. The van der Waals surface area contributed by atoms with Gasteiger partial charge in [-0.1, -0.05) is 0 Å². The predicted octanol–water partition coefficient (Wildman–Crippen LogP) is 4.35. The average Bonchev–Trinajstić information content (AvgIpc) is 2.94. The molecule has 29 heavy (non-hydrogen) atoms. The van der Waals surface area contributed by atoms with Gasteiger partial charge >= 0.3 is 179 Å². The average molecular weight is 441 g/mol. The van der Waals surface area contributed by atoms with Gasteiger partial charge in [0.1, 0.15) is 0 Å². The Morgan fingerprint density at radius 3 is 2.03 bits per heavy atom. The molecular weight excluding hydrogens is 417 g/mol. The predicted molar refractivity (Wildman–Crippen MR) is 124 cm³/mol. The quantitative estimate of drug-likeness (QED) is 0.322. The number of para-hydroxylation sites is 1. The van der Waals surface area contributed by atoms with Crippen LogP contribution < -0.4 is 8.92 Å². The van der Waals surface area contributed by atoms with Crippen LogP contribution in [0.25, 0.3) is 5.57 Å². The molecule has 5 rings (SSSR count). The van der Waals surface area contributed by atoms with Crippen molar-refractivity contribution in [3.05, 3.63) is 108 Å². The van der Waals surface area contributed by atoms with E-state index in [0.29, 0.717) is 15.0 Å². The summed E-state index contributed by atoms with van der Waals surface area (Å²) in [5.74, 6) is 0. The van der Waals surface area contributed by atoms with E-state index in [1.807, 2.05) is 0 Å². The molecule has 2 aliphatic rings. The Morgan fingerprint density at radius 1 is 0.793 bits per heavy atom. The first-order valence-corrected chi connectivity index (χ1v) is 11.7. The molecule has 2 aliphatic heterocycles. The minimum absolute atomic E-state index is 0.00579. The van der Waals surface area contributed by atoms with Crippen LogP contribution in [0.4, 0.5) is 5.69 Å². The van der Waals surface area contributed by atoms with Crippen molar-refractivity contribution in [2.24, 2.45) is 0 Å². The molecule has 0 atom stereocenters. The molecule has 2 heterocycles. The van der Waals surface area contributed by atoms with Crippen molar-refractivity contribution in [2.45, 2.75) is 19.3 Å². The standard InChI is InChI=1S/C27H24NSe/c1-27(2)22-14-6-7-15-23(22)28(3)26(27)18-10-13-19-20-11-4-8-16-24(20)29-25-17-9-5-12-21(19)25/h4-18H,1-3H3/q+1/b18-10+. The Hall–Kier alpha value is -2.67. The van der Waals surface area contributed by atoms with Crippen LogP contribution in [0.1, 0.15) is 30.5 Å². The number of hydrogen-bond donors (Lipinski definition) is 0. The van der Waals surface area contributed by atoms with Crippen molar-refractivity contribution in [3.8, 4) is 0 Å². The Bertz CT molecular complexity index is 1160. The number of nitrogens with zero attached hydrogens (tertiary/aromatic N) is 1. The molecule has 0 radical (unpaired) electrons. The SMILES string of the molecule is C[N+]1=C(/C=C/C=C2c3ccccc3[Se]c3ccccc32)C(C)(C)c2ccccc21. The molecule has 0 spiro atoms. The second-order valence-electron chi connectivity index (χ2n) is 8.12. The molecule has 0 amide bonds. The van der Waals surface area contributed by atoms with Crippen molar-refractivity contribution in [1.29, 1.82) is 0 Å². The summed E-state index contributed by atoms with van der Waals surface area (Å²) < 4.78 is 5.27. The first-order valence-electron chi connectivity index (χ1n) is 10.0. The van der Waals surface area contributed by atoms with E-state index in [1.54, 1.807) is 0 Å². The van der Waals surface area contributed by atoms with E-state index in [2.05, 4.69) is 116 Å². The molecular formula is C27H24NSe+. The van der Waals surface area contributed by atoms with Crippen LogP contribution in [0.3, 0.4) is 0 Å². The Kier molecular flexibility index (Phi) is 4.42. The minimum atomic E-state index is 0.00579. The Morgan fingerprint density at radius 2 is 1.38 bits per heavy atom. The van der Waals surface area contributed by atoms with Crippen LogP contribution in [0.5, 0.6) is 0 Å². The van der Waals surface area contributed by atoms with Gasteiger partial charge in [-0.15, -0.1) is 0 Å². The summed E-state index contributed by atoms with van der Waals surface area (Å²) in [5, 5.41) is 0. The van der Waals surface area contributed by atoms with Crippen LogP contribution in [0, 0.1) is 0 Å². The molecule has 0 unspecified atom stereocenters. The first-order chi connectivity index (χ1) is 14.1. The maximum absolute atomic E-state index is 2.33. The van der Waals surface area contributed by atoms with Crippen LogP contribution in [0.2, 0.25) is 0 Å². The van der Waals surface area contributed by atoms with Crippen molar-refractivity contribution < 1.29 is 4.58 Å². The first kappa shape index (κ1) is 18.4. The van der Waals surface area contributed by atoms with Gasteiger partial charge in [-0.3, -0.25) is 0 Å². The summed E-state index contributed by atoms with van der Waals surface area (Å²) in [4.78, 5) is 0. The molecule has 0 saturated heterocycles. The van der Waals surface area contributed by atoms with Gasteiger partial charge in [0.25, 0.3) is 0 Å². The fourth-order valence-corrected chi connectivity index (χ4v) is 6.86. The van der Waals surface area contributed by atoms with Crippen molar-refractivity contribution in [1.82, 2.24) is 0 Å². The molecule has 0 aliphatic carbocycles. The van der Waals surface area contributed by atoms with E-state index in [0.717, 1.165) is 0 Å². The van der Waals surface area contributed by atoms with Crippen molar-refractivity contribution in [3.63, 3.8) is 0 Å². The van der Waals surface area contributed by atoms with E-state index in [9.17, 15) is 0 Å². The van der Waals surface area contributed by atoms with Crippen LogP contribution in [-0.4, -0.2) is 32.3 Å².